The zero-order valence-corrected chi connectivity index (χ0v) is 14.8. The molecule has 5 heteroatoms. The lowest BCUT2D eigenvalue weighted by molar-refractivity contribution is -0.122. The van der Waals surface area contributed by atoms with Crippen LogP contribution in [-0.4, -0.2) is 12.0 Å². The third-order valence-electron chi connectivity index (χ3n) is 3.42. The maximum Gasteiger partial charge on any atom is 0.265 e. The number of hydrogen-bond acceptors (Lipinski definition) is 2. The van der Waals surface area contributed by atoms with Crippen LogP contribution in [0.25, 0.3) is 0 Å². The summed E-state index contributed by atoms with van der Waals surface area (Å²) in [5.74, 6) is 0.863. The van der Waals surface area contributed by atoms with E-state index in [1.165, 1.54) is 5.56 Å². The number of ether oxygens (including phenoxy) is 1. The summed E-state index contributed by atoms with van der Waals surface area (Å²) in [5, 5.41) is 3.59. The number of halogens is 2. The van der Waals surface area contributed by atoms with Crippen molar-refractivity contribution in [1.82, 2.24) is 0 Å². The Labute approximate surface area is 146 Å². The highest BCUT2D eigenvalue weighted by Gasteiger charge is 2.15. The molecule has 0 aliphatic rings. The number of amides is 1. The standard InChI is InChI=1S/C18H19Cl2NO2/c1-11(2)13-4-7-15(8-5-13)23-12(3)18(22)21-14-6-9-16(19)17(20)10-14/h4-12H,1-3H3,(H,21,22). The first-order chi connectivity index (χ1) is 10.9. The third kappa shape index (κ3) is 4.88. The highest BCUT2D eigenvalue weighted by atomic mass is 35.5. The molecule has 1 N–H and O–H groups in total. The van der Waals surface area contributed by atoms with Gasteiger partial charge < -0.3 is 10.1 Å². The fraction of sp³-hybridized carbons (Fsp3) is 0.278. The molecule has 0 bridgehead atoms. The fourth-order valence-electron chi connectivity index (χ4n) is 2.01. The number of carbonyl (C=O) groups excluding carboxylic acids is 1. The minimum absolute atomic E-state index is 0.253. The van der Waals surface area contributed by atoms with Crippen LogP contribution < -0.4 is 10.1 Å². The second kappa shape index (κ2) is 7.71. The minimum atomic E-state index is -0.630. The van der Waals surface area contributed by atoms with Crippen LogP contribution in [-0.2, 0) is 4.79 Å². The predicted octanol–water partition coefficient (Wildman–Crippen LogP) is 5.52. The summed E-state index contributed by atoms with van der Waals surface area (Å²) in [6.45, 7) is 5.95. The Kier molecular flexibility index (Phi) is 5.91. The van der Waals surface area contributed by atoms with Gasteiger partial charge >= 0.3 is 0 Å². The molecule has 122 valence electrons. The maximum atomic E-state index is 12.2. The van der Waals surface area contributed by atoms with Crippen molar-refractivity contribution in [3.63, 3.8) is 0 Å². The molecule has 3 nitrogen and oxygen atoms in total. The van der Waals surface area contributed by atoms with E-state index in [1.807, 2.05) is 24.3 Å². The molecule has 0 heterocycles. The van der Waals surface area contributed by atoms with Gasteiger partial charge in [0.15, 0.2) is 6.10 Å². The highest BCUT2D eigenvalue weighted by Crippen LogP contribution is 2.25. The molecule has 0 aliphatic carbocycles. The molecule has 1 unspecified atom stereocenters. The largest absolute Gasteiger partial charge is 0.481 e. The van der Waals surface area contributed by atoms with Gasteiger partial charge in [0.2, 0.25) is 0 Å². The average molecular weight is 352 g/mol. The van der Waals surface area contributed by atoms with E-state index in [9.17, 15) is 4.79 Å². The van der Waals surface area contributed by atoms with Crippen LogP contribution in [0.2, 0.25) is 10.0 Å². The van der Waals surface area contributed by atoms with Crippen LogP contribution in [0.15, 0.2) is 42.5 Å². The van der Waals surface area contributed by atoms with E-state index in [2.05, 4.69) is 19.2 Å². The van der Waals surface area contributed by atoms with E-state index in [0.29, 0.717) is 27.4 Å². The van der Waals surface area contributed by atoms with Gasteiger partial charge in [-0.05, 0) is 48.7 Å². The van der Waals surface area contributed by atoms with Crippen LogP contribution in [0.3, 0.4) is 0 Å². The van der Waals surface area contributed by atoms with Gasteiger partial charge in [0.05, 0.1) is 10.0 Å². The molecule has 2 aromatic rings. The summed E-state index contributed by atoms with van der Waals surface area (Å²) < 4.78 is 5.67. The molecule has 2 rings (SSSR count). The predicted molar refractivity (Wildman–Crippen MR) is 95.7 cm³/mol. The Hall–Kier alpha value is -1.71. The summed E-state index contributed by atoms with van der Waals surface area (Å²) in [5.41, 5.74) is 1.81. The number of nitrogens with one attached hydrogen (secondary N) is 1. The molecule has 23 heavy (non-hydrogen) atoms. The van der Waals surface area contributed by atoms with E-state index in [0.717, 1.165) is 0 Å². The molecule has 0 fully saturated rings. The van der Waals surface area contributed by atoms with E-state index < -0.39 is 6.10 Å². The fourth-order valence-corrected chi connectivity index (χ4v) is 2.30. The van der Waals surface area contributed by atoms with Gasteiger partial charge in [-0.15, -0.1) is 0 Å². The summed E-state index contributed by atoms with van der Waals surface area (Å²) in [7, 11) is 0. The lowest BCUT2D eigenvalue weighted by Crippen LogP contribution is -2.30. The molecule has 0 aromatic heterocycles. The smallest absolute Gasteiger partial charge is 0.265 e. The summed E-state index contributed by atoms with van der Waals surface area (Å²) in [6, 6.07) is 12.7. The van der Waals surface area contributed by atoms with Crippen LogP contribution >= 0.6 is 23.2 Å². The first-order valence-corrected chi connectivity index (χ1v) is 8.15. The molecule has 1 atom stereocenters. The molecule has 0 spiro atoms. The molecule has 0 saturated carbocycles. The van der Waals surface area contributed by atoms with Crippen molar-refractivity contribution < 1.29 is 9.53 Å². The Morgan fingerprint density at radius 1 is 1.00 bits per heavy atom. The molecule has 0 saturated heterocycles. The van der Waals surface area contributed by atoms with Gasteiger partial charge in [-0.25, -0.2) is 0 Å². The van der Waals surface area contributed by atoms with Crippen LogP contribution in [0.1, 0.15) is 32.3 Å². The van der Waals surface area contributed by atoms with E-state index in [4.69, 9.17) is 27.9 Å². The Bertz CT molecular complexity index is 684. The highest BCUT2D eigenvalue weighted by molar-refractivity contribution is 6.42. The Morgan fingerprint density at radius 3 is 2.22 bits per heavy atom. The minimum Gasteiger partial charge on any atom is -0.481 e. The molecule has 0 aliphatic heterocycles. The second-order valence-electron chi connectivity index (χ2n) is 5.60. The maximum absolute atomic E-state index is 12.2. The van der Waals surface area contributed by atoms with Gasteiger partial charge in [-0.3, -0.25) is 4.79 Å². The molecule has 2 aromatic carbocycles. The van der Waals surface area contributed by atoms with Crippen LogP contribution in [0, 0.1) is 0 Å². The second-order valence-corrected chi connectivity index (χ2v) is 6.42. The number of anilines is 1. The molecular weight excluding hydrogens is 333 g/mol. The van der Waals surface area contributed by atoms with Crippen molar-refractivity contribution in [1.29, 1.82) is 0 Å². The van der Waals surface area contributed by atoms with Gasteiger partial charge in [0, 0.05) is 5.69 Å². The topological polar surface area (TPSA) is 38.3 Å². The number of hydrogen-bond donors (Lipinski definition) is 1. The van der Waals surface area contributed by atoms with Gasteiger partial charge in [0.25, 0.3) is 5.91 Å². The third-order valence-corrected chi connectivity index (χ3v) is 4.16. The van der Waals surface area contributed by atoms with Gasteiger partial charge in [0.1, 0.15) is 5.75 Å². The number of rotatable bonds is 5. The average Bonchev–Trinajstić information content (AvgIpc) is 2.51. The van der Waals surface area contributed by atoms with E-state index >= 15 is 0 Å². The quantitative estimate of drug-likeness (QED) is 0.769. The Morgan fingerprint density at radius 2 is 1.65 bits per heavy atom. The monoisotopic (exact) mass is 351 g/mol. The lowest BCUT2D eigenvalue weighted by Gasteiger charge is -2.15. The Balaban J connectivity index is 1.97. The van der Waals surface area contributed by atoms with Crippen molar-refractivity contribution >= 4 is 34.8 Å². The SMILES string of the molecule is CC(Oc1ccc(C(C)C)cc1)C(=O)Nc1ccc(Cl)c(Cl)c1. The number of carbonyl (C=O) groups is 1. The zero-order valence-electron chi connectivity index (χ0n) is 13.3. The first-order valence-electron chi connectivity index (χ1n) is 7.39. The van der Waals surface area contributed by atoms with Crippen LogP contribution in [0.4, 0.5) is 5.69 Å². The lowest BCUT2D eigenvalue weighted by atomic mass is 10.0. The summed E-state index contributed by atoms with van der Waals surface area (Å²) in [6.07, 6.45) is -0.630. The summed E-state index contributed by atoms with van der Waals surface area (Å²) in [4.78, 5) is 12.2. The van der Waals surface area contributed by atoms with Crippen molar-refractivity contribution in [3.05, 3.63) is 58.1 Å². The van der Waals surface area contributed by atoms with Crippen molar-refractivity contribution in [3.8, 4) is 5.75 Å². The molecule has 0 radical (unpaired) electrons. The molecular formula is C18H19Cl2NO2. The van der Waals surface area contributed by atoms with Gasteiger partial charge in [-0.1, -0.05) is 49.2 Å². The zero-order chi connectivity index (χ0) is 17.0. The van der Waals surface area contributed by atoms with Gasteiger partial charge in [-0.2, -0.15) is 0 Å². The van der Waals surface area contributed by atoms with E-state index in [1.54, 1.807) is 25.1 Å². The van der Waals surface area contributed by atoms with E-state index in [-0.39, 0.29) is 5.91 Å². The van der Waals surface area contributed by atoms with Crippen molar-refractivity contribution in [2.45, 2.75) is 32.8 Å². The molecule has 1 amide bonds. The summed E-state index contributed by atoms with van der Waals surface area (Å²) >= 11 is 11.8. The normalized spacial score (nSPS) is 12.1. The number of benzene rings is 2. The first kappa shape index (κ1) is 17.6. The van der Waals surface area contributed by atoms with Crippen molar-refractivity contribution in [2.24, 2.45) is 0 Å². The van der Waals surface area contributed by atoms with Crippen molar-refractivity contribution in [2.75, 3.05) is 5.32 Å². The van der Waals surface area contributed by atoms with Crippen LogP contribution in [0.5, 0.6) is 5.75 Å².